The monoisotopic (exact) mass is 261 g/mol. The number of hydrogen-bond acceptors (Lipinski definition) is 3. The van der Waals surface area contributed by atoms with Gasteiger partial charge < -0.3 is 15.2 Å². The fourth-order valence-corrected chi connectivity index (χ4v) is 1.74. The molecular formula is C12H17ClFNO2. The summed E-state index contributed by atoms with van der Waals surface area (Å²) in [6.07, 6.45) is 0. The van der Waals surface area contributed by atoms with Crippen molar-refractivity contribution in [2.24, 2.45) is 0 Å². The standard InChI is InChI=1S/C12H17ClFNO2/c1-8(7-17-2)15-12(6-16)9-3-4-10(13)11(14)5-9/h3-5,8,12,15-16H,6-7H2,1-2H3/t8-,12+/m0/s1. The lowest BCUT2D eigenvalue weighted by Gasteiger charge is -2.21. The van der Waals surface area contributed by atoms with Crippen molar-refractivity contribution in [1.29, 1.82) is 0 Å². The first-order valence-electron chi connectivity index (χ1n) is 5.39. The lowest BCUT2D eigenvalue weighted by Crippen LogP contribution is -2.35. The third-order valence-corrected chi connectivity index (χ3v) is 2.74. The van der Waals surface area contributed by atoms with Crippen molar-refractivity contribution in [3.05, 3.63) is 34.6 Å². The largest absolute Gasteiger partial charge is 0.394 e. The van der Waals surface area contributed by atoms with E-state index >= 15 is 0 Å². The molecule has 0 amide bonds. The number of halogens is 2. The summed E-state index contributed by atoms with van der Waals surface area (Å²) < 4.78 is 18.3. The molecule has 0 bridgehead atoms. The Bertz CT molecular complexity index is 362. The van der Waals surface area contributed by atoms with Gasteiger partial charge in [-0.25, -0.2) is 4.39 Å². The Labute approximate surface area is 106 Å². The van der Waals surface area contributed by atoms with Crippen LogP contribution in [0.5, 0.6) is 0 Å². The summed E-state index contributed by atoms with van der Waals surface area (Å²) >= 11 is 5.61. The van der Waals surface area contributed by atoms with E-state index in [1.165, 1.54) is 12.1 Å². The molecule has 0 aromatic heterocycles. The second-order valence-corrected chi connectivity index (χ2v) is 4.34. The number of aliphatic hydroxyl groups is 1. The zero-order valence-corrected chi connectivity index (χ0v) is 10.7. The van der Waals surface area contributed by atoms with Crippen molar-refractivity contribution in [3.63, 3.8) is 0 Å². The molecule has 1 rings (SSSR count). The average molecular weight is 262 g/mol. The van der Waals surface area contributed by atoms with Crippen LogP contribution < -0.4 is 5.32 Å². The maximum Gasteiger partial charge on any atom is 0.142 e. The van der Waals surface area contributed by atoms with Crippen LogP contribution in [0.4, 0.5) is 4.39 Å². The number of hydrogen-bond donors (Lipinski definition) is 2. The number of rotatable bonds is 6. The van der Waals surface area contributed by atoms with Gasteiger partial charge in [0, 0.05) is 13.2 Å². The van der Waals surface area contributed by atoms with Gasteiger partial charge in [0.15, 0.2) is 0 Å². The first-order valence-corrected chi connectivity index (χ1v) is 5.77. The average Bonchev–Trinajstić information content (AvgIpc) is 2.30. The van der Waals surface area contributed by atoms with E-state index in [0.717, 1.165) is 0 Å². The third kappa shape index (κ3) is 4.24. The van der Waals surface area contributed by atoms with E-state index in [4.69, 9.17) is 16.3 Å². The minimum atomic E-state index is -0.483. The van der Waals surface area contributed by atoms with Crippen molar-refractivity contribution in [3.8, 4) is 0 Å². The SMILES string of the molecule is COC[C@H](C)N[C@H](CO)c1ccc(Cl)c(F)c1. The normalized spacial score (nSPS) is 14.6. The van der Waals surface area contributed by atoms with Gasteiger partial charge in [-0.2, -0.15) is 0 Å². The van der Waals surface area contributed by atoms with Crippen molar-refractivity contribution in [2.75, 3.05) is 20.3 Å². The van der Waals surface area contributed by atoms with Gasteiger partial charge in [0.25, 0.3) is 0 Å². The predicted molar refractivity (Wildman–Crippen MR) is 65.7 cm³/mol. The Morgan fingerprint density at radius 2 is 2.24 bits per heavy atom. The summed E-state index contributed by atoms with van der Waals surface area (Å²) in [7, 11) is 1.61. The molecule has 96 valence electrons. The number of ether oxygens (including phenoxy) is 1. The maximum atomic E-state index is 13.3. The Morgan fingerprint density at radius 3 is 2.76 bits per heavy atom. The van der Waals surface area contributed by atoms with Crippen LogP contribution in [0.2, 0.25) is 5.02 Å². The van der Waals surface area contributed by atoms with Gasteiger partial charge in [0.2, 0.25) is 0 Å². The van der Waals surface area contributed by atoms with Crippen molar-refractivity contribution in [1.82, 2.24) is 5.32 Å². The molecule has 5 heteroatoms. The molecule has 1 aromatic rings. The molecular weight excluding hydrogens is 245 g/mol. The highest BCUT2D eigenvalue weighted by Crippen LogP contribution is 2.20. The third-order valence-electron chi connectivity index (χ3n) is 2.43. The molecule has 2 N–H and O–H groups in total. The minimum absolute atomic E-state index is 0.0656. The molecule has 0 heterocycles. The van der Waals surface area contributed by atoms with Crippen LogP contribution in [0, 0.1) is 5.82 Å². The van der Waals surface area contributed by atoms with E-state index in [1.54, 1.807) is 13.2 Å². The molecule has 0 aliphatic heterocycles. The molecule has 0 radical (unpaired) electrons. The van der Waals surface area contributed by atoms with E-state index in [-0.39, 0.29) is 23.7 Å². The van der Waals surface area contributed by atoms with Gasteiger partial charge in [-0.3, -0.25) is 0 Å². The predicted octanol–water partition coefficient (Wildman–Crippen LogP) is 2.14. The number of benzene rings is 1. The van der Waals surface area contributed by atoms with Gasteiger partial charge >= 0.3 is 0 Å². The van der Waals surface area contributed by atoms with Crippen LogP contribution in [0.25, 0.3) is 0 Å². The van der Waals surface area contributed by atoms with Gasteiger partial charge in [0.05, 0.1) is 24.3 Å². The van der Waals surface area contributed by atoms with Gasteiger partial charge in [0.1, 0.15) is 5.82 Å². The number of aliphatic hydroxyl groups excluding tert-OH is 1. The van der Waals surface area contributed by atoms with Gasteiger partial charge in [-0.1, -0.05) is 17.7 Å². The zero-order chi connectivity index (χ0) is 12.8. The number of methoxy groups -OCH3 is 1. The van der Waals surface area contributed by atoms with Crippen LogP contribution >= 0.6 is 11.6 Å². The molecule has 0 spiro atoms. The Kier molecular flexibility index (Phi) is 5.85. The highest BCUT2D eigenvalue weighted by atomic mass is 35.5. The summed E-state index contributed by atoms with van der Waals surface area (Å²) in [6.45, 7) is 2.33. The topological polar surface area (TPSA) is 41.5 Å². The Balaban J connectivity index is 2.75. The summed E-state index contributed by atoms with van der Waals surface area (Å²) in [6, 6.07) is 4.24. The van der Waals surface area contributed by atoms with E-state index in [1.807, 2.05) is 6.92 Å². The zero-order valence-electron chi connectivity index (χ0n) is 9.91. The van der Waals surface area contributed by atoms with Gasteiger partial charge in [-0.15, -0.1) is 0 Å². The molecule has 0 saturated carbocycles. The second-order valence-electron chi connectivity index (χ2n) is 3.93. The van der Waals surface area contributed by atoms with Gasteiger partial charge in [-0.05, 0) is 24.6 Å². The fourth-order valence-electron chi connectivity index (χ4n) is 1.63. The molecule has 3 nitrogen and oxygen atoms in total. The molecule has 1 aromatic carbocycles. The summed E-state index contributed by atoms with van der Waals surface area (Å²) in [5.41, 5.74) is 0.664. The first kappa shape index (κ1) is 14.4. The van der Waals surface area contributed by atoms with Crippen LogP contribution in [0.3, 0.4) is 0 Å². The van der Waals surface area contributed by atoms with Crippen molar-refractivity contribution >= 4 is 11.6 Å². The molecule has 2 atom stereocenters. The highest BCUT2D eigenvalue weighted by molar-refractivity contribution is 6.30. The maximum absolute atomic E-state index is 13.3. The highest BCUT2D eigenvalue weighted by Gasteiger charge is 2.14. The van der Waals surface area contributed by atoms with E-state index in [2.05, 4.69) is 5.32 Å². The second kappa shape index (κ2) is 6.91. The molecule has 0 fully saturated rings. The minimum Gasteiger partial charge on any atom is -0.394 e. The van der Waals surface area contributed by atoms with E-state index in [0.29, 0.717) is 12.2 Å². The van der Waals surface area contributed by atoms with Crippen LogP contribution in [0.1, 0.15) is 18.5 Å². The van der Waals surface area contributed by atoms with E-state index in [9.17, 15) is 9.50 Å². The summed E-state index contributed by atoms with van der Waals surface area (Å²) in [5.74, 6) is -0.483. The molecule has 0 aliphatic rings. The molecule has 0 unspecified atom stereocenters. The smallest absolute Gasteiger partial charge is 0.142 e. The van der Waals surface area contributed by atoms with Crippen molar-refractivity contribution in [2.45, 2.75) is 19.0 Å². The molecule has 0 aliphatic carbocycles. The Morgan fingerprint density at radius 1 is 1.53 bits per heavy atom. The quantitative estimate of drug-likeness (QED) is 0.824. The molecule has 17 heavy (non-hydrogen) atoms. The van der Waals surface area contributed by atoms with E-state index < -0.39 is 5.82 Å². The molecule has 0 saturated heterocycles. The summed E-state index contributed by atoms with van der Waals surface area (Å²) in [5, 5.41) is 12.5. The van der Waals surface area contributed by atoms with Crippen LogP contribution in [0.15, 0.2) is 18.2 Å². The summed E-state index contributed by atoms with van der Waals surface area (Å²) in [4.78, 5) is 0. The van der Waals surface area contributed by atoms with Crippen molar-refractivity contribution < 1.29 is 14.2 Å². The lowest BCUT2D eigenvalue weighted by molar-refractivity contribution is 0.154. The number of nitrogens with one attached hydrogen (secondary N) is 1. The first-order chi connectivity index (χ1) is 8.08. The Hall–Kier alpha value is -0.680. The van der Waals surface area contributed by atoms with Crippen LogP contribution in [-0.2, 0) is 4.74 Å². The van der Waals surface area contributed by atoms with Crippen LogP contribution in [-0.4, -0.2) is 31.5 Å². The lowest BCUT2D eigenvalue weighted by atomic mass is 10.1. The fraction of sp³-hybridized carbons (Fsp3) is 0.500.